The van der Waals surface area contributed by atoms with Gasteiger partial charge in [0.05, 0.1) is 0 Å². The van der Waals surface area contributed by atoms with Gasteiger partial charge in [-0.25, -0.2) is 0 Å². The van der Waals surface area contributed by atoms with Gasteiger partial charge in [-0.05, 0) is 0 Å². The molecule has 0 aliphatic heterocycles. The van der Waals surface area contributed by atoms with Gasteiger partial charge in [0.25, 0.3) is 0 Å². The van der Waals surface area contributed by atoms with E-state index in [1.807, 2.05) is 0 Å². The third-order valence-electron chi connectivity index (χ3n) is 0. The molecular formula is H3KO2S. The van der Waals surface area contributed by atoms with Crippen molar-refractivity contribution < 1.29 is 61.9 Å². The minimum Gasteiger partial charge on any atom is -1.00 e. The second-order valence-corrected chi connectivity index (χ2v) is 0.245. The average Bonchev–Trinajstić information content (AvgIpc) is 0.918. The molecule has 0 aliphatic rings. The molecule has 0 atom stereocenters. The summed E-state index contributed by atoms with van der Waals surface area (Å²) >= 11 is -0.250. The summed E-state index contributed by atoms with van der Waals surface area (Å²) in [5, 5.41) is 0. The second-order valence-electron chi connectivity index (χ2n) is 0.0816. The maximum Gasteiger partial charge on any atom is 1.00 e. The molecule has 0 spiro atoms. The summed E-state index contributed by atoms with van der Waals surface area (Å²) in [5.74, 6) is 0. The first kappa shape index (κ1) is 9.32. The summed E-state index contributed by atoms with van der Waals surface area (Å²) in [7, 11) is 0. The predicted octanol–water partition coefficient (Wildman–Crippen LogP) is -2.22. The van der Waals surface area contributed by atoms with Gasteiger partial charge in [-0.15, -0.1) is 0 Å². The molecule has 22 valence electrons. The van der Waals surface area contributed by atoms with Crippen molar-refractivity contribution in [2.45, 2.75) is 0 Å². The van der Waals surface area contributed by atoms with Crippen LogP contribution in [0.4, 0.5) is 0 Å². The Kier molecular flexibility index (Phi) is 20.6. The van der Waals surface area contributed by atoms with Gasteiger partial charge in [0.2, 0.25) is 0 Å². The van der Waals surface area contributed by atoms with Crippen LogP contribution in [0.1, 0.15) is 1.43 Å². The molecule has 0 saturated heterocycles. The molecule has 4 heteroatoms. The molecule has 2 nitrogen and oxygen atoms in total. The van der Waals surface area contributed by atoms with Crippen LogP contribution in [0.2, 0.25) is 0 Å². The van der Waals surface area contributed by atoms with E-state index in [9.17, 15) is 0 Å². The van der Waals surface area contributed by atoms with Gasteiger partial charge in [-0.1, -0.05) is 0 Å². The third kappa shape index (κ3) is 9.08. The van der Waals surface area contributed by atoms with E-state index in [1.165, 1.54) is 0 Å². The zero-order valence-electron chi connectivity index (χ0n) is 3.30. The molecule has 0 heterocycles. The average molecular weight is 106 g/mol. The predicted molar refractivity (Wildman–Crippen MR) is 14.0 cm³/mol. The van der Waals surface area contributed by atoms with E-state index < -0.39 is 0 Å². The Morgan fingerprint density at radius 3 is 1.50 bits per heavy atom. The second kappa shape index (κ2) is 8.86. The molecule has 0 aromatic rings. The Hall–Kier alpha value is 1.91. The van der Waals surface area contributed by atoms with Gasteiger partial charge in [0.1, 0.15) is 0 Å². The summed E-state index contributed by atoms with van der Waals surface area (Å²) in [6.45, 7) is 0. The standard InChI is InChI=1S/K.H2O2S.H/c;1-3-2;/h;1-2H;/q+1;;-1. The molecule has 0 rings (SSSR count). The molecule has 2 N–H and O–H groups in total. The largest absolute Gasteiger partial charge is 1.00 e. The van der Waals surface area contributed by atoms with E-state index >= 15 is 0 Å². The zero-order chi connectivity index (χ0) is 2.71. The molecule has 0 aliphatic carbocycles. The van der Waals surface area contributed by atoms with Crippen LogP contribution in [0.3, 0.4) is 0 Å². The van der Waals surface area contributed by atoms with Crippen LogP contribution >= 0.6 is 12.3 Å². The quantitative estimate of drug-likeness (QED) is 0.271. The van der Waals surface area contributed by atoms with E-state index in [-0.39, 0.29) is 65.1 Å². The summed E-state index contributed by atoms with van der Waals surface area (Å²) in [5.41, 5.74) is 0. The van der Waals surface area contributed by atoms with Crippen molar-refractivity contribution >= 4 is 12.3 Å². The van der Waals surface area contributed by atoms with Crippen molar-refractivity contribution in [3.05, 3.63) is 0 Å². The topological polar surface area (TPSA) is 40.5 Å². The molecular weight excluding hydrogens is 103 g/mol. The van der Waals surface area contributed by atoms with Crippen molar-refractivity contribution in [2.24, 2.45) is 0 Å². The molecule has 0 aromatic carbocycles. The van der Waals surface area contributed by atoms with Gasteiger partial charge >= 0.3 is 51.4 Å². The molecule has 0 saturated carbocycles. The van der Waals surface area contributed by atoms with Crippen LogP contribution in [-0.2, 0) is 0 Å². The number of hydrogen-bond donors (Lipinski definition) is 2. The molecule has 0 radical (unpaired) electrons. The van der Waals surface area contributed by atoms with Gasteiger partial charge < -0.3 is 10.5 Å². The minimum atomic E-state index is -0.250. The fourth-order valence-corrected chi connectivity index (χ4v) is 0. The minimum absolute atomic E-state index is 0. The van der Waals surface area contributed by atoms with E-state index in [4.69, 9.17) is 9.11 Å². The van der Waals surface area contributed by atoms with Crippen LogP contribution in [0.15, 0.2) is 0 Å². The summed E-state index contributed by atoms with van der Waals surface area (Å²) in [4.78, 5) is 0. The third-order valence-corrected chi connectivity index (χ3v) is 0. The zero-order valence-corrected chi connectivity index (χ0v) is 6.24. The Morgan fingerprint density at radius 2 is 1.50 bits per heavy atom. The van der Waals surface area contributed by atoms with Crippen LogP contribution in [0.5, 0.6) is 0 Å². The van der Waals surface area contributed by atoms with Gasteiger partial charge in [0, 0.05) is 0 Å². The van der Waals surface area contributed by atoms with Crippen LogP contribution in [0.25, 0.3) is 0 Å². The molecule has 0 fully saturated rings. The Bertz CT molecular complexity index is 9.61. The Balaban J connectivity index is -0.0000000200. The first-order chi connectivity index (χ1) is 1.41. The maximum atomic E-state index is 7.04. The Labute approximate surface area is 72.9 Å². The molecule has 0 unspecified atom stereocenters. The van der Waals surface area contributed by atoms with E-state index in [0.29, 0.717) is 0 Å². The Morgan fingerprint density at radius 1 is 1.50 bits per heavy atom. The molecule has 0 aromatic heterocycles. The number of rotatable bonds is 0. The summed E-state index contributed by atoms with van der Waals surface area (Å²) in [6.07, 6.45) is 0. The van der Waals surface area contributed by atoms with E-state index in [1.54, 1.807) is 0 Å². The normalized spacial score (nSPS) is 4.50. The molecule has 0 amide bonds. The van der Waals surface area contributed by atoms with E-state index in [0.717, 1.165) is 0 Å². The van der Waals surface area contributed by atoms with Crippen LogP contribution in [0, 0.1) is 0 Å². The van der Waals surface area contributed by atoms with Gasteiger partial charge in [-0.2, -0.15) is 0 Å². The van der Waals surface area contributed by atoms with Gasteiger partial charge in [0.15, 0.2) is 12.3 Å². The van der Waals surface area contributed by atoms with Crippen molar-refractivity contribution in [1.29, 1.82) is 0 Å². The smallest absolute Gasteiger partial charge is 1.00 e. The number of hydrogen-bond acceptors (Lipinski definition) is 3. The summed E-state index contributed by atoms with van der Waals surface area (Å²) < 4.78 is 14.1. The first-order valence-electron chi connectivity index (χ1n) is 0.365. The van der Waals surface area contributed by atoms with Gasteiger partial charge in [-0.3, -0.25) is 0 Å². The van der Waals surface area contributed by atoms with Crippen LogP contribution < -0.4 is 51.4 Å². The SMILES string of the molecule is OSO.[H-].[K+]. The maximum absolute atomic E-state index is 7.04. The van der Waals surface area contributed by atoms with Crippen molar-refractivity contribution in [1.82, 2.24) is 0 Å². The first-order valence-corrected chi connectivity index (χ1v) is 1.10. The van der Waals surface area contributed by atoms with Crippen molar-refractivity contribution in [2.75, 3.05) is 0 Å². The van der Waals surface area contributed by atoms with Crippen molar-refractivity contribution in [3.8, 4) is 0 Å². The summed E-state index contributed by atoms with van der Waals surface area (Å²) in [6, 6.07) is 0. The fraction of sp³-hybridized carbons (Fsp3) is 0. The van der Waals surface area contributed by atoms with Crippen molar-refractivity contribution in [3.63, 3.8) is 0 Å². The molecule has 4 heavy (non-hydrogen) atoms. The van der Waals surface area contributed by atoms with E-state index in [2.05, 4.69) is 0 Å². The van der Waals surface area contributed by atoms with Crippen LogP contribution in [-0.4, -0.2) is 9.11 Å². The fourth-order valence-electron chi connectivity index (χ4n) is 0. The monoisotopic (exact) mass is 106 g/mol. The molecule has 0 bridgehead atoms.